The number of rotatable bonds is 3. The third kappa shape index (κ3) is 3.12. The Hall–Kier alpha value is -1.99. The van der Waals surface area contributed by atoms with Crippen molar-refractivity contribution in [3.8, 4) is 17.6 Å². The minimum atomic E-state index is 0.346. The first-order valence-electron chi connectivity index (χ1n) is 6.28. The number of nitrogens with two attached hydrogens (primary N) is 1. The quantitative estimate of drug-likeness (QED) is 0.821. The zero-order valence-corrected chi connectivity index (χ0v) is 12.9. The van der Waals surface area contributed by atoms with Gasteiger partial charge in [-0.05, 0) is 41.8 Å². The second-order valence-corrected chi connectivity index (χ2v) is 5.72. The Morgan fingerprint density at radius 2 is 1.95 bits per heavy atom. The van der Waals surface area contributed by atoms with Gasteiger partial charge >= 0.3 is 0 Å². The van der Waals surface area contributed by atoms with Crippen molar-refractivity contribution in [2.24, 2.45) is 0 Å². The maximum atomic E-state index is 8.87. The summed E-state index contributed by atoms with van der Waals surface area (Å²) < 4.78 is 6.92. The van der Waals surface area contributed by atoms with E-state index in [1.54, 1.807) is 18.2 Å². The van der Waals surface area contributed by atoms with Gasteiger partial charge < -0.3 is 10.5 Å². The molecule has 0 fully saturated rings. The highest BCUT2D eigenvalue weighted by atomic mass is 79.9. The van der Waals surface area contributed by atoms with Gasteiger partial charge in [-0.2, -0.15) is 5.26 Å². The first kappa shape index (κ1) is 14.4. The van der Waals surface area contributed by atoms with Gasteiger partial charge in [0.25, 0.3) is 0 Å². The first-order chi connectivity index (χ1) is 9.51. The summed E-state index contributed by atoms with van der Waals surface area (Å²) >= 11 is 3.47. The molecule has 2 aromatic carbocycles. The molecule has 0 aromatic heterocycles. The number of ether oxygens (including phenoxy) is 1. The highest BCUT2D eigenvalue weighted by Gasteiger charge is 2.10. The molecule has 0 saturated carbocycles. The van der Waals surface area contributed by atoms with Crippen molar-refractivity contribution in [3.05, 3.63) is 52.0 Å². The number of nitrogen functional groups attached to an aromatic ring is 1. The van der Waals surface area contributed by atoms with E-state index in [1.807, 2.05) is 24.3 Å². The summed E-state index contributed by atoms with van der Waals surface area (Å²) in [7, 11) is 0. The van der Waals surface area contributed by atoms with Crippen molar-refractivity contribution in [1.82, 2.24) is 0 Å². The van der Waals surface area contributed by atoms with Crippen molar-refractivity contribution in [2.45, 2.75) is 19.8 Å². The molecule has 0 aliphatic rings. The molecule has 0 amide bonds. The zero-order valence-electron chi connectivity index (χ0n) is 11.4. The Morgan fingerprint density at radius 1 is 1.20 bits per heavy atom. The van der Waals surface area contributed by atoms with E-state index in [2.05, 4.69) is 29.8 Å². The molecular weight excluding hydrogens is 316 g/mol. The molecule has 0 radical (unpaired) electrons. The van der Waals surface area contributed by atoms with Crippen LogP contribution in [-0.2, 0) is 0 Å². The van der Waals surface area contributed by atoms with Crippen LogP contribution in [0.3, 0.4) is 0 Å². The minimum absolute atomic E-state index is 0.346. The van der Waals surface area contributed by atoms with Gasteiger partial charge in [0.1, 0.15) is 17.6 Å². The van der Waals surface area contributed by atoms with Crippen LogP contribution in [0.15, 0.2) is 40.9 Å². The lowest BCUT2D eigenvalue weighted by atomic mass is 10.0. The van der Waals surface area contributed by atoms with Gasteiger partial charge in [-0.1, -0.05) is 29.8 Å². The second kappa shape index (κ2) is 5.98. The molecule has 0 bridgehead atoms. The van der Waals surface area contributed by atoms with Crippen LogP contribution < -0.4 is 10.5 Å². The van der Waals surface area contributed by atoms with E-state index in [-0.39, 0.29) is 0 Å². The number of nitrogens with zero attached hydrogens (tertiary/aromatic N) is 1. The summed E-state index contributed by atoms with van der Waals surface area (Å²) in [6.07, 6.45) is 0. The molecule has 0 heterocycles. The van der Waals surface area contributed by atoms with Crippen LogP contribution in [0.1, 0.15) is 30.9 Å². The Bertz CT molecular complexity index is 675. The Balaban J connectivity index is 2.35. The lowest BCUT2D eigenvalue weighted by Crippen LogP contribution is -1.96. The third-order valence-electron chi connectivity index (χ3n) is 2.97. The summed E-state index contributed by atoms with van der Waals surface area (Å²) in [5.74, 6) is 1.77. The summed E-state index contributed by atoms with van der Waals surface area (Å²) in [5.41, 5.74) is 7.79. The fourth-order valence-electron chi connectivity index (χ4n) is 1.90. The summed E-state index contributed by atoms with van der Waals surface area (Å²) in [4.78, 5) is 0. The average molecular weight is 331 g/mol. The van der Waals surface area contributed by atoms with E-state index in [4.69, 9.17) is 15.7 Å². The smallest absolute Gasteiger partial charge is 0.130 e. The van der Waals surface area contributed by atoms with E-state index in [9.17, 15) is 0 Å². The number of hydrogen-bond acceptors (Lipinski definition) is 3. The molecule has 2 aromatic rings. The number of benzene rings is 2. The van der Waals surface area contributed by atoms with Gasteiger partial charge in [-0.25, -0.2) is 0 Å². The van der Waals surface area contributed by atoms with Gasteiger partial charge in [0.05, 0.1) is 11.3 Å². The molecule has 2 rings (SSSR count). The summed E-state index contributed by atoms with van der Waals surface area (Å²) in [5, 5.41) is 8.87. The minimum Gasteiger partial charge on any atom is -0.457 e. The van der Waals surface area contributed by atoms with Crippen LogP contribution in [0.4, 0.5) is 5.69 Å². The van der Waals surface area contributed by atoms with E-state index in [1.165, 1.54) is 0 Å². The first-order valence-corrected chi connectivity index (χ1v) is 7.07. The van der Waals surface area contributed by atoms with Gasteiger partial charge in [0.2, 0.25) is 0 Å². The molecule has 0 spiro atoms. The lowest BCUT2D eigenvalue weighted by Gasteiger charge is -2.14. The zero-order chi connectivity index (χ0) is 14.7. The van der Waals surface area contributed by atoms with Crippen molar-refractivity contribution < 1.29 is 4.74 Å². The molecule has 2 N–H and O–H groups in total. The predicted molar refractivity (Wildman–Crippen MR) is 83.9 cm³/mol. The standard InChI is InChI=1S/C16H15BrN2O/c1-10(2)14-7-12(17)4-6-16(14)20-13-5-3-11(9-18)15(19)8-13/h3-8,10H,19H2,1-2H3. The molecule has 102 valence electrons. The Morgan fingerprint density at radius 3 is 2.55 bits per heavy atom. The predicted octanol–water partition coefficient (Wildman–Crippen LogP) is 4.82. The lowest BCUT2D eigenvalue weighted by molar-refractivity contribution is 0.473. The Labute approximate surface area is 127 Å². The number of nitriles is 1. The molecule has 3 nitrogen and oxygen atoms in total. The molecular formula is C16H15BrN2O. The molecule has 0 aliphatic carbocycles. The summed E-state index contributed by atoms with van der Waals surface area (Å²) in [6.45, 7) is 4.23. The monoisotopic (exact) mass is 330 g/mol. The Kier molecular flexibility index (Phi) is 4.31. The van der Waals surface area contributed by atoms with Crippen LogP contribution >= 0.6 is 15.9 Å². The van der Waals surface area contributed by atoms with Gasteiger partial charge in [-0.3, -0.25) is 0 Å². The SMILES string of the molecule is CC(C)c1cc(Br)ccc1Oc1ccc(C#N)c(N)c1. The highest BCUT2D eigenvalue weighted by Crippen LogP contribution is 2.33. The highest BCUT2D eigenvalue weighted by molar-refractivity contribution is 9.10. The van der Waals surface area contributed by atoms with E-state index in [0.717, 1.165) is 15.8 Å². The van der Waals surface area contributed by atoms with Gasteiger partial charge in [0.15, 0.2) is 0 Å². The maximum absolute atomic E-state index is 8.87. The third-order valence-corrected chi connectivity index (χ3v) is 3.46. The largest absolute Gasteiger partial charge is 0.457 e. The number of anilines is 1. The van der Waals surface area contributed by atoms with Crippen molar-refractivity contribution in [3.63, 3.8) is 0 Å². The second-order valence-electron chi connectivity index (χ2n) is 4.80. The molecule has 20 heavy (non-hydrogen) atoms. The molecule has 4 heteroatoms. The van der Waals surface area contributed by atoms with Crippen LogP contribution in [-0.4, -0.2) is 0 Å². The van der Waals surface area contributed by atoms with E-state index in [0.29, 0.717) is 22.9 Å². The number of halogens is 1. The fraction of sp³-hybridized carbons (Fsp3) is 0.188. The van der Waals surface area contributed by atoms with Crippen LogP contribution in [0.2, 0.25) is 0 Å². The topological polar surface area (TPSA) is 59.0 Å². The van der Waals surface area contributed by atoms with Crippen molar-refractivity contribution >= 4 is 21.6 Å². The van der Waals surface area contributed by atoms with Crippen LogP contribution in [0.5, 0.6) is 11.5 Å². The normalized spacial score (nSPS) is 10.3. The van der Waals surface area contributed by atoms with Crippen LogP contribution in [0.25, 0.3) is 0 Å². The number of hydrogen-bond donors (Lipinski definition) is 1. The summed E-state index contributed by atoms with van der Waals surface area (Å²) in [6, 6.07) is 13.0. The molecule has 0 atom stereocenters. The van der Waals surface area contributed by atoms with Gasteiger partial charge in [-0.15, -0.1) is 0 Å². The molecule has 0 saturated heterocycles. The van der Waals surface area contributed by atoms with Crippen LogP contribution in [0, 0.1) is 11.3 Å². The fourth-order valence-corrected chi connectivity index (χ4v) is 2.28. The molecule has 0 unspecified atom stereocenters. The van der Waals surface area contributed by atoms with Crippen molar-refractivity contribution in [2.75, 3.05) is 5.73 Å². The maximum Gasteiger partial charge on any atom is 0.130 e. The van der Waals surface area contributed by atoms with Crippen molar-refractivity contribution in [1.29, 1.82) is 5.26 Å². The van der Waals surface area contributed by atoms with E-state index < -0.39 is 0 Å². The van der Waals surface area contributed by atoms with E-state index >= 15 is 0 Å². The molecule has 0 aliphatic heterocycles. The van der Waals surface area contributed by atoms with Gasteiger partial charge in [0, 0.05) is 10.5 Å². The average Bonchev–Trinajstić information content (AvgIpc) is 2.41.